The first kappa shape index (κ1) is 21.3. The van der Waals surface area contributed by atoms with E-state index < -0.39 is 0 Å². The number of aromatic nitrogens is 1. The molecule has 28 heavy (non-hydrogen) atoms. The maximum atomic E-state index is 6.24. The van der Waals surface area contributed by atoms with Crippen LogP contribution in [0, 0.1) is 0 Å². The third-order valence-electron chi connectivity index (χ3n) is 4.11. The molecule has 0 spiro atoms. The third-order valence-corrected chi connectivity index (χ3v) is 8.34. The van der Waals surface area contributed by atoms with Crippen molar-refractivity contribution in [1.29, 1.82) is 0 Å². The van der Waals surface area contributed by atoms with Crippen molar-refractivity contribution >= 4 is 45.1 Å². The van der Waals surface area contributed by atoms with Crippen LogP contribution in [-0.4, -0.2) is 23.6 Å². The van der Waals surface area contributed by atoms with Gasteiger partial charge in [0.1, 0.15) is 23.1 Å². The van der Waals surface area contributed by atoms with Crippen LogP contribution in [0.1, 0.15) is 41.8 Å². The van der Waals surface area contributed by atoms with Gasteiger partial charge in [0.05, 0.1) is 21.9 Å². The van der Waals surface area contributed by atoms with Gasteiger partial charge in [-0.1, -0.05) is 32.0 Å². The first-order valence-electron chi connectivity index (χ1n) is 9.63. The summed E-state index contributed by atoms with van der Waals surface area (Å²) in [7, 11) is 1.68. The Balaban J connectivity index is 1.75. The van der Waals surface area contributed by atoms with Crippen molar-refractivity contribution in [1.82, 2.24) is 4.98 Å². The van der Waals surface area contributed by atoms with E-state index in [1.807, 2.05) is 41.7 Å². The van der Waals surface area contributed by atoms with E-state index in [1.54, 1.807) is 18.4 Å². The molecule has 0 bridgehead atoms. The van der Waals surface area contributed by atoms with Crippen LogP contribution < -0.4 is 9.47 Å². The van der Waals surface area contributed by atoms with E-state index >= 15 is 0 Å². The molecule has 0 atom stereocenters. The van der Waals surface area contributed by atoms with Crippen LogP contribution in [0.4, 0.5) is 0 Å². The number of hydrogen-bond donors (Lipinski definition) is 0. The van der Waals surface area contributed by atoms with Crippen molar-refractivity contribution in [3.8, 4) is 11.5 Å². The molecular weight excluding hydrogens is 406 g/mol. The molecule has 2 aromatic carbocycles. The Morgan fingerprint density at radius 1 is 1.04 bits per heavy atom. The number of thiazole rings is 1. The summed E-state index contributed by atoms with van der Waals surface area (Å²) in [6, 6.07) is 14.4. The van der Waals surface area contributed by atoms with Crippen LogP contribution in [0.5, 0.6) is 11.5 Å². The number of fused-ring (bicyclic) bond motifs is 1. The van der Waals surface area contributed by atoms with Crippen LogP contribution in [0.15, 0.2) is 42.5 Å². The van der Waals surface area contributed by atoms with E-state index in [1.165, 1.54) is 18.4 Å². The van der Waals surface area contributed by atoms with Crippen molar-refractivity contribution in [2.24, 2.45) is 0 Å². The van der Waals surface area contributed by atoms with Crippen LogP contribution in [-0.2, 0) is 6.61 Å². The summed E-state index contributed by atoms with van der Waals surface area (Å²) in [5.74, 6) is 4.13. The maximum absolute atomic E-state index is 6.24. The fourth-order valence-electron chi connectivity index (χ4n) is 2.77. The Labute approximate surface area is 180 Å². The average Bonchev–Trinajstić information content (AvgIpc) is 3.14. The van der Waals surface area contributed by atoms with Gasteiger partial charge in [0.15, 0.2) is 0 Å². The molecule has 0 saturated carbocycles. The van der Waals surface area contributed by atoms with Gasteiger partial charge >= 0.3 is 0 Å². The standard InChI is InChI=1S/C22H27NO2S3/c1-4-12-26-22(27-13-5-2)17-8-6-7-9-19(17)25-15-21-23-18-14-16(24-3)10-11-20(18)28-21/h6-11,14,22H,4-5,12-13,15H2,1-3H3. The van der Waals surface area contributed by atoms with Crippen LogP contribution in [0.2, 0.25) is 0 Å². The Hall–Kier alpha value is -1.37. The maximum Gasteiger partial charge on any atom is 0.140 e. The summed E-state index contributed by atoms with van der Waals surface area (Å²) >= 11 is 5.70. The molecule has 150 valence electrons. The first-order valence-corrected chi connectivity index (χ1v) is 12.5. The first-order chi connectivity index (χ1) is 13.7. The lowest BCUT2D eigenvalue weighted by atomic mass is 10.2. The quantitative estimate of drug-likeness (QED) is 0.299. The SMILES string of the molecule is CCCSC(SCCC)c1ccccc1OCc1nc2cc(OC)ccc2s1. The predicted molar refractivity (Wildman–Crippen MR) is 125 cm³/mol. The van der Waals surface area contributed by atoms with E-state index in [0.29, 0.717) is 11.2 Å². The molecule has 0 amide bonds. The predicted octanol–water partition coefficient (Wildman–Crippen LogP) is 7.17. The molecule has 3 nitrogen and oxygen atoms in total. The molecule has 0 radical (unpaired) electrons. The summed E-state index contributed by atoms with van der Waals surface area (Å²) in [5, 5.41) is 0.983. The largest absolute Gasteiger partial charge is 0.497 e. The van der Waals surface area contributed by atoms with E-state index in [2.05, 4.69) is 38.1 Å². The second kappa shape index (κ2) is 11.0. The molecule has 1 heterocycles. The second-order valence-electron chi connectivity index (χ2n) is 6.34. The highest BCUT2D eigenvalue weighted by Gasteiger charge is 2.17. The topological polar surface area (TPSA) is 31.4 Å². The van der Waals surface area contributed by atoms with Crippen LogP contribution in [0.3, 0.4) is 0 Å². The number of benzene rings is 2. The number of para-hydroxylation sites is 1. The zero-order valence-corrected chi connectivity index (χ0v) is 19.1. The van der Waals surface area contributed by atoms with Crippen molar-refractivity contribution in [3.63, 3.8) is 0 Å². The van der Waals surface area contributed by atoms with Gasteiger partial charge in [-0.2, -0.15) is 0 Å². The minimum Gasteiger partial charge on any atom is -0.497 e. The molecule has 3 rings (SSSR count). The van der Waals surface area contributed by atoms with E-state index in [0.717, 1.165) is 38.2 Å². The highest BCUT2D eigenvalue weighted by atomic mass is 32.2. The van der Waals surface area contributed by atoms with Gasteiger partial charge in [0.2, 0.25) is 0 Å². The van der Waals surface area contributed by atoms with Crippen molar-refractivity contribution in [3.05, 3.63) is 53.0 Å². The molecule has 1 aromatic heterocycles. The lowest BCUT2D eigenvalue weighted by Gasteiger charge is -2.19. The van der Waals surface area contributed by atoms with Crippen LogP contribution in [0.25, 0.3) is 10.2 Å². The van der Waals surface area contributed by atoms with Gasteiger partial charge in [-0.05, 0) is 42.5 Å². The van der Waals surface area contributed by atoms with Gasteiger partial charge in [0.25, 0.3) is 0 Å². The zero-order chi connectivity index (χ0) is 19.8. The highest BCUT2D eigenvalue weighted by molar-refractivity contribution is 8.16. The fraction of sp³-hybridized carbons (Fsp3) is 0.409. The molecule has 0 unspecified atom stereocenters. The number of ether oxygens (including phenoxy) is 2. The number of thioether (sulfide) groups is 2. The molecule has 3 aromatic rings. The summed E-state index contributed by atoms with van der Waals surface area (Å²) in [5.41, 5.74) is 2.24. The van der Waals surface area contributed by atoms with E-state index in [9.17, 15) is 0 Å². The molecule has 6 heteroatoms. The van der Waals surface area contributed by atoms with Gasteiger partial charge in [-0.15, -0.1) is 34.9 Å². The number of nitrogens with zero attached hydrogens (tertiary/aromatic N) is 1. The molecule has 0 fully saturated rings. The number of hydrogen-bond acceptors (Lipinski definition) is 6. The Morgan fingerprint density at radius 3 is 2.50 bits per heavy atom. The zero-order valence-electron chi connectivity index (χ0n) is 16.6. The number of rotatable bonds is 11. The van der Waals surface area contributed by atoms with Gasteiger partial charge in [-0.3, -0.25) is 0 Å². The summed E-state index contributed by atoms with van der Waals surface area (Å²) in [4.78, 5) is 4.71. The lowest BCUT2D eigenvalue weighted by Crippen LogP contribution is -2.01. The van der Waals surface area contributed by atoms with Gasteiger partial charge < -0.3 is 9.47 Å². The van der Waals surface area contributed by atoms with Crippen molar-refractivity contribution < 1.29 is 9.47 Å². The molecule has 0 saturated heterocycles. The Kier molecular flexibility index (Phi) is 8.37. The summed E-state index contributed by atoms with van der Waals surface area (Å²) < 4.78 is 13.1. The highest BCUT2D eigenvalue weighted by Crippen LogP contribution is 2.44. The van der Waals surface area contributed by atoms with Crippen LogP contribution >= 0.6 is 34.9 Å². The smallest absolute Gasteiger partial charge is 0.140 e. The molecule has 0 aliphatic heterocycles. The van der Waals surface area contributed by atoms with E-state index in [4.69, 9.17) is 14.5 Å². The molecular formula is C22H27NO2S3. The second-order valence-corrected chi connectivity index (χ2v) is 10.2. The lowest BCUT2D eigenvalue weighted by molar-refractivity contribution is 0.303. The molecule has 0 aliphatic rings. The normalized spacial score (nSPS) is 11.3. The molecule has 0 aliphatic carbocycles. The minimum atomic E-state index is 0.413. The fourth-order valence-corrected chi connectivity index (χ4v) is 6.24. The monoisotopic (exact) mass is 433 g/mol. The Morgan fingerprint density at radius 2 is 1.79 bits per heavy atom. The van der Waals surface area contributed by atoms with Crippen molar-refractivity contribution in [2.45, 2.75) is 37.9 Å². The molecule has 0 N–H and O–H groups in total. The Bertz CT molecular complexity index is 873. The average molecular weight is 434 g/mol. The van der Waals surface area contributed by atoms with Crippen molar-refractivity contribution in [2.75, 3.05) is 18.6 Å². The van der Waals surface area contributed by atoms with E-state index in [-0.39, 0.29) is 0 Å². The number of methoxy groups -OCH3 is 1. The minimum absolute atomic E-state index is 0.413. The van der Waals surface area contributed by atoms with Gasteiger partial charge in [-0.25, -0.2) is 4.98 Å². The summed E-state index contributed by atoms with van der Waals surface area (Å²) in [6.07, 6.45) is 2.37. The third kappa shape index (κ3) is 5.58. The summed E-state index contributed by atoms with van der Waals surface area (Å²) in [6.45, 7) is 4.96. The van der Waals surface area contributed by atoms with Gasteiger partial charge in [0, 0.05) is 11.6 Å².